The van der Waals surface area contributed by atoms with Crippen LogP contribution in [0.3, 0.4) is 0 Å². The maximum absolute atomic E-state index is 12.5. The van der Waals surface area contributed by atoms with Crippen molar-refractivity contribution in [3.63, 3.8) is 0 Å². The first-order chi connectivity index (χ1) is 13.0. The first-order valence-corrected chi connectivity index (χ1v) is 9.62. The molecule has 1 amide bonds. The molecule has 2 aromatic rings. The van der Waals surface area contributed by atoms with Gasteiger partial charge >= 0.3 is 0 Å². The van der Waals surface area contributed by atoms with Gasteiger partial charge in [0.05, 0.1) is 0 Å². The van der Waals surface area contributed by atoms with Crippen LogP contribution in [0.15, 0.2) is 42.6 Å². The van der Waals surface area contributed by atoms with Gasteiger partial charge in [-0.1, -0.05) is 6.92 Å². The average Bonchev–Trinajstić information content (AvgIpc) is 2.69. The lowest BCUT2D eigenvalue weighted by molar-refractivity contribution is 0.102. The van der Waals surface area contributed by atoms with Crippen LogP contribution in [0.1, 0.15) is 30.8 Å². The van der Waals surface area contributed by atoms with Crippen molar-refractivity contribution in [2.45, 2.75) is 26.3 Å². The van der Waals surface area contributed by atoms with Crippen LogP contribution in [0.25, 0.3) is 0 Å². The van der Waals surface area contributed by atoms with Gasteiger partial charge in [-0.2, -0.15) is 0 Å². The number of hydrogen-bond acceptors (Lipinski definition) is 5. The summed E-state index contributed by atoms with van der Waals surface area (Å²) in [5.41, 5.74) is 3.29. The molecule has 0 aliphatic carbocycles. The van der Waals surface area contributed by atoms with E-state index in [9.17, 15) is 4.79 Å². The number of likely N-dealkylation sites (N-methyl/N-ethyl adjacent to an activating group) is 1. The molecular weight excluding hydrogens is 338 g/mol. The number of aromatic nitrogens is 1. The molecule has 1 aliphatic rings. The van der Waals surface area contributed by atoms with Crippen molar-refractivity contribution in [2.24, 2.45) is 0 Å². The molecule has 144 valence electrons. The molecule has 1 atom stereocenters. The summed E-state index contributed by atoms with van der Waals surface area (Å²) in [7, 11) is 2.15. The lowest BCUT2D eigenvalue weighted by Gasteiger charge is -2.34. The normalized spacial score (nSPS) is 16.0. The van der Waals surface area contributed by atoms with E-state index in [0.717, 1.165) is 44.0 Å². The maximum Gasteiger partial charge on any atom is 0.274 e. The number of nitrogens with zero attached hydrogens (tertiary/aromatic N) is 3. The predicted octanol–water partition coefficient (Wildman–Crippen LogP) is 3.30. The molecule has 1 aromatic carbocycles. The molecule has 6 nitrogen and oxygen atoms in total. The number of anilines is 3. The Labute approximate surface area is 161 Å². The molecule has 0 saturated carbocycles. The van der Waals surface area contributed by atoms with Crippen molar-refractivity contribution < 1.29 is 4.79 Å². The summed E-state index contributed by atoms with van der Waals surface area (Å²) in [5, 5.41) is 6.30. The second kappa shape index (κ2) is 8.86. The average molecular weight is 367 g/mol. The lowest BCUT2D eigenvalue weighted by atomic mass is 10.2. The molecule has 0 bridgehead atoms. The molecular formula is C21H29N5O. The van der Waals surface area contributed by atoms with E-state index >= 15 is 0 Å². The van der Waals surface area contributed by atoms with Crippen molar-refractivity contribution >= 4 is 23.0 Å². The van der Waals surface area contributed by atoms with Gasteiger partial charge in [-0.05, 0) is 56.8 Å². The van der Waals surface area contributed by atoms with Crippen molar-refractivity contribution in [3.05, 3.63) is 48.3 Å². The van der Waals surface area contributed by atoms with E-state index in [0.29, 0.717) is 11.7 Å². The van der Waals surface area contributed by atoms with Crippen LogP contribution >= 0.6 is 0 Å². The summed E-state index contributed by atoms with van der Waals surface area (Å²) in [6, 6.07) is 12.1. The molecule has 1 aromatic heterocycles. The highest BCUT2D eigenvalue weighted by atomic mass is 16.1. The number of carbonyl (C=O) groups is 1. The quantitative estimate of drug-likeness (QED) is 0.820. The van der Waals surface area contributed by atoms with Crippen LogP contribution in [0.5, 0.6) is 0 Å². The Kier molecular flexibility index (Phi) is 6.29. The lowest BCUT2D eigenvalue weighted by Crippen LogP contribution is -2.44. The number of rotatable bonds is 6. The molecule has 3 rings (SSSR count). The van der Waals surface area contributed by atoms with E-state index in [1.54, 1.807) is 12.3 Å². The molecule has 1 aliphatic heterocycles. The zero-order valence-corrected chi connectivity index (χ0v) is 16.4. The Bertz CT molecular complexity index is 753. The Balaban J connectivity index is 1.61. The van der Waals surface area contributed by atoms with Crippen molar-refractivity contribution in [1.29, 1.82) is 0 Å². The highest BCUT2D eigenvalue weighted by molar-refractivity contribution is 6.03. The van der Waals surface area contributed by atoms with Crippen LogP contribution in [-0.2, 0) is 0 Å². The van der Waals surface area contributed by atoms with Crippen molar-refractivity contribution in [3.8, 4) is 0 Å². The molecule has 2 N–H and O–H groups in total. The molecule has 0 radical (unpaired) electrons. The number of nitrogens with one attached hydrogen (secondary N) is 2. The topological polar surface area (TPSA) is 60.5 Å². The largest absolute Gasteiger partial charge is 0.382 e. The summed E-state index contributed by atoms with van der Waals surface area (Å²) in [4.78, 5) is 21.4. The third kappa shape index (κ3) is 5.20. The summed E-state index contributed by atoms with van der Waals surface area (Å²) in [6.07, 6.45) is 2.68. The molecule has 1 unspecified atom stereocenters. The van der Waals surface area contributed by atoms with Gasteiger partial charge in [0.25, 0.3) is 5.91 Å². The van der Waals surface area contributed by atoms with E-state index < -0.39 is 0 Å². The molecule has 27 heavy (non-hydrogen) atoms. The van der Waals surface area contributed by atoms with Crippen LogP contribution < -0.4 is 15.5 Å². The predicted molar refractivity (Wildman–Crippen MR) is 112 cm³/mol. The second-order valence-corrected chi connectivity index (χ2v) is 7.17. The molecule has 1 saturated heterocycles. The Hall–Kier alpha value is -2.60. The zero-order chi connectivity index (χ0) is 19.2. The van der Waals surface area contributed by atoms with Gasteiger partial charge in [-0.25, -0.2) is 0 Å². The number of hydrogen-bond donors (Lipinski definition) is 2. The van der Waals surface area contributed by atoms with E-state index in [1.165, 1.54) is 5.69 Å². The Morgan fingerprint density at radius 1 is 1.11 bits per heavy atom. The first-order valence-electron chi connectivity index (χ1n) is 9.62. The van der Waals surface area contributed by atoms with Crippen molar-refractivity contribution in [1.82, 2.24) is 9.88 Å². The van der Waals surface area contributed by atoms with Gasteiger partial charge < -0.3 is 20.4 Å². The third-order valence-electron chi connectivity index (χ3n) is 5.01. The van der Waals surface area contributed by atoms with Crippen molar-refractivity contribution in [2.75, 3.05) is 48.8 Å². The Morgan fingerprint density at radius 2 is 1.81 bits per heavy atom. The number of benzene rings is 1. The van der Waals surface area contributed by atoms with Gasteiger partial charge in [0.2, 0.25) is 0 Å². The molecule has 2 heterocycles. The minimum Gasteiger partial charge on any atom is -0.382 e. The summed E-state index contributed by atoms with van der Waals surface area (Å²) in [6.45, 7) is 8.45. The SMILES string of the molecule is CCC(C)Nc1ccnc(C(=O)Nc2ccc(N3CCN(C)CC3)cc2)c1. The third-order valence-corrected chi connectivity index (χ3v) is 5.01. The van der Waals surface area contributed by atoms with E-state index in [4.69, 9.17) is 0 Å². The van der Waals surface area contributed by atoms with E-state index in [-0.39, 0.29) is 5.91 Å². The minimum absolute atomic E-state index is 0.199. The fourth-order valence-electron chi connectivity index (χ4n) is 3.05. The molecule has 0 spiro atoms. The van der Waals surface area contributed by atoms with Crippen LogP contribution in [-0.4, -0.2) is 55.1 Å². The van der Waals surface area contributed by atoms with Crippen LogP contribution in [0, 0.1) is 0 Å². The van der Waals surface area contributed by atoms with Gasteiger partial charge in [-0.15, -0.1) is 0 Å². The summed E-state index contributed by atoms with van der Waals surface area (Å²) >= 11 is 0. The van der Waals surface area contributed by atoms with Gasteiger partial charge in [0.15, 0.2) is 0 Å². The number of amides is 1. The highest BCUT2D eigenvalue weighted by Crippen LogP contribution is 2.20. The first kappa shape index (κ1) is 19.2. The second-order valence-electron chi connectivity index (χ2n) is 7.17. The Morgan fingerprint density at radius 3 is 2.48 bits per heavy atom. The summed E-state index contributed by atoms with van der Waals surface area (Å²) < 4.78 is 0. The fourth-order valence-corrected chi connectivity index (χ4v) is 3.05. The minimum atomic E-state index is -0.199. The van der Waals surface area contributed by atoms with Crippen LogP contribution in [0.2, 0.25) is 0 Å². The zero-order valence-electron chi connectivity index (χ0n) is 16.4. The fraction of sp³-hybridized carbons (Fsp3) is 0.429. The number of piperazine rings is 1. The number of pyridine rings is 1. The molecule has 1 fully saturated rings. The van der Waals surface area contributed by atoms with Gasteiger partial charge in [0.1, 0.15) is 5.69 Å². The summed E-state index contributed by atoms with van der Waals surface area (Å²) in [5.74, 6) is -0.199. The monoisotopic (exact) mass is 367 g/mol. The smallest absolute Gasteiger partial charge is 0.274 e. The highest BCUT2D eigenvalue weighted by Gasteiger charge is 2.14. The molecule has 6 heteroatoms. The van der Waals surface area contributed by atoms with Gasteiger partial charge in [-0.3, -0.25) is 9.78 Å². The number of carbonyl (C=O) groups excluding carboxylic acids is 1. The standard InChI is InChI=1S/C21H29N5O/c1-4-16(2)23-18-9-10-22-20(15-18)21(27)24-17-5-7-19(8-6-17)26-13-11-25(3)12-14-26/h5-10,15-16H,4,11-14H2,1-3H3,(H,22,23)(H,24,27). The van der Waals surface area contributed by atoms with Crippen LogP contribution in [0.4, 0.5) is 17.1 Å². The van der Waals surface area contributed by atoms with E-state index in [1.807, 2.05) is 18.2 Å². The maximum atomic E-state index is 12.5. The van der Waals surface area contributed by atoms with E-state index in [2.05, 4.69) is 58.4 Å². The van der Waals surface area contributed by atoms with Gasteiger partial charge in [0, 0.05) is 55.5 Å².